The van der Waals surface area contributed by atoms with Gasteiger partial charge >= 0.3 is 0 Å². The van der Waals surface area contributed by atoms with Gasteiger partial charge in [0.2, 0.25) is 0 Å². The van der Waals surface area contributed by atoms with Crippen molar-refractivity contribution in [3.05, 3.63) is 0 Å². The fourth-order valence-corrected chi connectivity index (χ4v) is 1.88. The van der Waals surface area contributed by atoms with Crippen LogP contribution in [0.1, 0.15) is 6.92 Å². The van der Waals surface area contributed by atoms with Crippen LogP contribution >= 0.6 is 0 Å². The Balaban J connectivity index is 4.42. The number of rotatable bonds is 7. The van der Waals surface area contributed by atoms with Crippen LogP contribution in [0.4, 0.5) is 0 Å². The Morgan fingerprint density at radius 1 is 1.20 bits per heavy atom. The Labute approximate surface area is 88.5 Å². The normalized spacial score (nSPS) is 15.3. The van der Waals surface area contributed by atoms with Gasteiger partial charge in [-0.05, 0) is 6.92 Å². The first-order valence-corrected chi connectivity index (χ1v) is 5.95. The summed E-state index contributed by atoms with van der Waals surface area (Å²) < 4.78 is 29.6. The lowest BCUT2D eigenvalue weighted by molar-refractivity contribution is 0.0371. The summed E-state index contributed by atoms with van der Waals surface area (Å²) in [6.07, 6.45) is 0. The Morgan fingerprint density at radius 2 is 1.60 bits per heavy atom. The first-order valence-electron chi connectivity index (χ1n) is 4.34. The molecule has 92 valence electrons. The lowest BCUT2D eigenvalue weighted by Crippen LogP contribution is -2.58. The van der Waals surface area contributed by atoms with Crippen LogP contribution in [0.5, 0.6) is 0 Å². The van der Waals surface area contributed by atoms with Crippen LogP contribution in [0.25, 0.3) is 0 Å². The minimum atomic E-state index is -4.13. The molecule has 15 heavy (non-hydrogen) atoms. The molecule has 1 atom stereocenters. The fraction of sp³-hybridized carbons (Fsp3) is 1.00. The fourth-order valence-electron chi connectivity index (χ4n) is 1.17. The minimum absolute atomic E-state index is 0.546. The summed E-state index contributed by atoms with van der Waals surface area (Å²) >= 11 is 0. The highest BCUT2D eigenvalue weighted by atomic mass is 32.2. The van der Waals surface area contributed by atoms with Crippen molar-refractivity contribution in [2.24, 2.45) is 0 Å². The second kappa shape index (κ2) is 5.73. The standard InChI is InChI=1S/C7H17NO6S/c1-6(2-15(12,13)14)8-7(3-9,4-10)5-11/h6,8-11H,2-5H2,1H3,(H,12,13,14). The summed E-state index contributed by atoms with van der Waals surface area (Å²) in [6.45, 7) is -0.190. The molecule has 0 spiro atoms. The predicted octanol–water partition coefficient (Wildman–Crippen LogP) is -2.43. The van der Waals surface area contributed by atoms with E-state index in [0.717, 1.165) is 0 Å². The first kappa shape index (κ1) is 14.8. The van der Waals surface area contributed by atoms with E-state index in [1.807, 2.05) is 0 Å². The number of hydrogen-bond acceptors (Lipinski definition) is 6. The summed E-state index contributed by atoms with van der Waals surface area (Å²) in [4.78, 5) is 0. The third kappa shape index (κ3) is 5.40. The smallest absolute Gasteiger partial charge is 0.266 e. The molecule has 0 bridgehead atoms. The van der Waals surface area contributed by atoms with Gasteiger partial charge in [0.05, 0.1) is 31.1 Å². The van der Waals surface area contributed by atoms with Crippen molar-refractivity contribution in [2.75, 3.05) is 25.6 Å². The number of aliphatic hydroxyl groups excluding tert-OH is 3. The van der Waals surface area contributed by atoms with Gasteiger partial charge in [0.15, 0.2) is 0 Å². The van der Waals surface area contributed by atoms with Crippen LogP contribution in [0.15, 0.2) is 0 Å². The highest BCUT2D eigenvalue weighted by Crippen LogP contribution is 2.04. The highest BCUT2D eigenvalue weighted by molar-refractivity contribution is 7.85. The van der Waals surface area contributed by atoms with Crippen LogP contribution < -0.4 is 5.32 Å². The SMILES string of the molecule is CC(CS(=O)(=O)O)NC(CO)(CO)CO. The van der Waals surface area contributed by atoms with Crippen molar-refractivity contribution in [1.82, 2.24) is 5.32 Å². The summed E-state index contributed by atoms with van der Waals surface area (Å²) in [5.41, 5.74) is -1.34. The maximum Gasteiger partial charge on any atom is 0.266 e. The molecule has 0 aromatic heterocycles. The average Bonchev–Trinajstić information content (AvgIpc) is 2.11. The summed E-state index contributed by atoms with van der Waals surface area (Å²) in [6, 6.07) is -0.702. The third-order valence-electron chi connectivity index (χ3n) is 1.92. The van der Waals surface area contributed by atoms with Crippen molar-refractivity contribution in [1.29, 1.82) is 0 Å². The second-order valence-electron chi connectivity index (χ2n) is 3.55. The topological polar surface area (TPSA) is 127 Å². The van der Waals surface area contributed by atoms with E-state index < -0.39 is 47.3 Å². The van der Waals surface area contributed by atoms with Crippen molar-refractivity contribution in [3.8, 4) is 0 Å². The maximum atomic E-state index is 10.5. The van der Waals surface area contributed by atoms with Crippen molar-refractivity contribution < 1.29 is 28.3 Å². The summed E-state index contributed by atoms with van der Waals surface area (Å²) in [5, 5.41) is 29.3. The molecule has 8 heteroatoms. The van der Waals surface area contributed by atoms with E-state index in [1.54, 1.807) is 0 Å². The third-order valence-corrected chi connectivity index (χ3v) is 2.84. The molecule has 0 aliphatic rings. The molecule has 0 amide bonds. The molecule has 5 N–H and O–H groups in total. The van der Waals surface area contributed by atoms with Gasteiger partial charge in [0.25, 0.3) is 10.1 Å². The van der Waals surface area contributed by atoms with Gasteiger partial charge in [-0.1, -0.05) is 0 Å². The van der Waals surface area contributed by atoms with Crippen LogP contribution in [0.2, 0.25) is 0 Å². The molecule has 0 rings (SSSR count). The largest absolute Gasteiger partial charge is 0.394 e. The maximum absolute atomic E-state index is 10.5. The minimum Gasteiger partial charge on any atom is -0.394 e. The molecule has 0 aromatic rings. The lowest BCUT2D eigenvalue weighted by atomic mass is 10.0. The van der Waals surface area contributed by atoms with Crippen molar-refractivity contribution >= 4 is 10.1 Å². The predicted molar refractivity (Wildman–Crippen MR) is 53.0 cm³/mol. The van der Waals surface area contributed by atoms with Gasteiger partial charge in [-0.3, -0.25) is 4.55 Å². The number of hydrogen-bond donors (Lipinski definition) is 5. The molecule has 0 fully saturated rings. The van der Waals surface area contributed by atoms with E-state index in [9.17, 15) is 8.42 Å². The van der Waals surface area contributed by atoms with Crippen LogP contribution in [-0.2, 0) is 10.1 Å². The van der Waals surface area contributed by atoms with Crippen molar-refractivity contribution in [2.45, 2.75) is 18.5 Å². The molecule has 0 aromatic carbocycles. The Bertz CT molecular complexity index is 265. The molecule has 0 aliphatic heterocycles. The Kier molecular flexibility index (Phi) is 5.63. The summed E-state index contributed by atoms with van der Waals surface area (Å²) in [5.74, 6) is -0.561. The molecule has 0 radical (unpaired) electrons. The van der Waals surface area contributed by atoms with E-state index in [0.29, 0.717) is 0 Å². The second-order valence-corrected chi connectivity index (χ2v) is 5.05. The molecule has 0 aliphatic carbocycles. The Hall–Kier alpha value is -0.250. The van der Waals surface area contributed by atoms with Crippen molar-refractivity contribution in [3.63, 3.8) is 0 Å². The first-order chi connectivity index (χ1) is 6.78. The van der Waals surface area contributed by atoms with E-state index in [1.165, 1.54) is 6.92 Å². The van der Waals surface area contributed by atoms with Gasteiger partial charge < -0.3 is 20.6 Å². The van der Waals surface area contributed by atoms with E-state index >= 15 is 0 Å². The van der Waals surface area contributed by atoms with Crippen LogP contribution in [-0.4, -0.2) is 65.4 Å². The molecule has 0 saturated heterocycles. The average molecular weight is 243 g/mol. The monoisotopic (exact) mass is 243 g/mol. The molecular formula is C7H17NO6S. The Morgan fingerprint density at radius 3 is 1.87 bits per heavy atom. The quantitative estimate of drug-likeness (QED) is 0.314. The number of aliphatic hydroxyl groups is 3. The van der Waals surface area contributed by atoms with Gasteiger partial charge in [0.1, 0.15) is 0 Å². The highest BCUT2D eigenvalue weighted by Gasteiger charge is 2.30. The van der Waals surface area contributed by atoms with Gasteiger partial charge in [-0.15, -0.1) is 0 Å². The van der Waals surface area contributed by atoms with E-state index in [2.05, 4.69) is 5.32 Å². The van der Waals surface area contributed by atoms with Gasteiger partial charge in [0, 0.05) is 6.04 Å². The molecular weight excluding hydrogens is 226 g/mol. The molecule has 7 nitrogen and oxygen atoms in total. The molecule has 0 saturated carbocycles. The van der Waals surface area contributed by atoms with E-state index in [4.69, 9.17) is 19.9 Å². The zero-order valence-electron chi connectivity index (χ0n) is 8.42. The lowest BCUT2D eigenvalue weighted by Gasteiger charge is -2.31. The number of nitrogens with one attached hydrogen (secondary N) is 1. The summed E-state index contributed by atoms with van der Waals surface area (Å²) in [7, 11) is -4.13. The zero-order chi connectivity index (χ0) is 12.1. The van der Waals surface area contributed by atoms with Gasteiger partial charge in [-0.25, -0.2) is 0 Å². The molecule has 1 unspecified atom stereocenters. The van der Waals surface area contributed by atoms with E-state index in [-0.39, 0.29) is 0 Å². The zero-order valence-corrected chi connectivity index (χ0v) is 9.24. The van der Waals surface area contributed by atoms with Crippen LogP contribution in [0.3, 0.4) is 0 Å². The van der Waals surface area contributed by atoms with Crippen LogP contribution in [0, 0.1) is 0 Å². The van der Waals surface area contributed by atoms with Gasteiger partial charge in [-0.2, -0.15) is 8.42 Å². The molecule has 0 heterocycles.